The molecule has 1 heterocycles. The Morgan fingerprint density at radius 3 is 1.65 bits per heavy atom. The lowest BCUT2D eigenvalue weighted by Gasteiger charge is -2.30. The molecule has 9 aromatic rings. The fraction of sp³-hybridized carbons (Fsp3) is 0. The molecule has 9 rings (SSSR count). The van der Waals surface area contributed by atoms with E-state index in [0.717, 1.165) is 17.1 Å². The van der Waals surface area contributed by atoms with Gasteiger partial charge in [0, 0.05) is 42.6 Å². The predicted octanol–water partition coefficient (Wildman–Crippen LogP) is 13.7. The molecule has 1 aromatic heterocycles. The van der Waals surface area contributed by atoms with Crippen LogP contribution in [-0.2, 0) is 0 Å². The Balaban J connectivity index is 1.30. The summed E-state index contributed by atoms with van der Waals surface area (Å²) in [6, 6.07) is 68.1. The lowest BCUT2D eigenvalue weighted by atomic mass is 9.95. The van der Waals surface area contributed by atoms with E-state index in [1.54, 1.807) is 0 Å². The fourth-order valence-corrected chi connectivity index (χ4v) is 8.28. The third kappa shape index (κ3) is 4.86. The topological polar surface area (TPSA) is 3.24 Å². The minimum Gasteiger partial charge on any atom is -0.309 e. The maximum absolute atomic E-state index is 2.45. The molecule has 0 unspecified atom stereocenters. The van der Waals surface area contributed by atoms with Crippen LogP contribution in [0.25, 0.3) is 64.3 Å². The van der Waals surface area contributed by atoms with Crippen LogP contribution < -0.4 is 4.90 Å². The average molecular weight is 630 g/mol. The van der Waals surface area contributed by atoms with E-state index in [2.05, 4.69) is 193 Å². The molecule has 0 spiro atoms. The van der Waals surface area contributed by atoms with Crippen LogP contribution in [0.1, 0.15) is 0 Å². The first-order valence-electron chi connectivity index (χ1n) is 16.4. The fourth-order valence-electron chi connectivity index (χ4n) is 7.05. The van der Waals surface area contributed by atoms with Gasteiger partial charge in [0.05, 0.1) is 11.4 Å². The van der Waals surface area contributed by atoms with E-state index in [-0.39, 0.29) is 0 Å². The minimum atomic E-state index is 1.11. The van der Waals surface area contributed by atoms with Gasteiger partial charge >= 0.3 is 0 Å². The van der Waals surface area contributed by atoms with Crippen LogP contribution in [0.3, 0.4) is 0 Å². The van der Waals surface area contributed by atoms with Gasteiger partial charge in [-0.15, -0.1) is 11.3 Å². The first-order chi connectivity index (χ1) is 23.8. The number of hydrogen-bond acceptors (Lipinski definition) is 2. The average Bonchev–Trinajstić information content (AvgIpc) is 3.55. The summed E-state index contributed by atoms with van der Waals surface area (Å²) in [5, 5.41) is 5.10. The molecule has 0 radical (unpaired) electrons. The zero-order valence-electron chi connectivity index (χ0n) is 26.3. The summed E-state index contributed by atoms with van der Waals surface area (Å²) in [6.07, 6.45) is 0. The molecular weight excluding hydrogens is 599 g/mol. The predicted molar refractivity (Wildman–Crippen MR) is 208 cm³/mol. The molecule has 0 amide bonds. The second kappa shape index (κ2) is 12.0. The summed E-state index contributed by atoms with van der Waals surface area (Å²) in [6.45, 7) is 0. The highest BCUT2D eigenvalue weighted by molar-refractivity contribution is 7.26. The number of nitrogens with zero attached hydrogens (tertiary/aromatic N) is 1. The molecule has 48 heavy (non-hydrogen) atoms. The van der Waals surface area contributed by atoms with Crippen molar-refractivity contribution in [3.63, 3.8) is 0 Å². The van der Waals surface area contributed by atoms with Crippen LogP contribution in [0.15, 0.2) is 188 Å². The quantitative estimate of drug-likeness (QED) is 0.177. The van der Waals surface area contributed by atoms with Gasteiger partial charge in [-0.25, -0.2) is 0 Å². The van der Waals surface area contributed by atoms with Crippen molar-refractivity contribution >= 4 is 59.3 Å². The molecule has 0 saturated heterocycles. The first-order valence-corrected chi connectivity index (χ1v) is 17.2. The number of fused-ring (bicyclic) bond motifs is 4. The summed E-state index contributed by atoms with van der Waals surface area (Å²) in [7, 11) is 0. The zero-order valence-corrected chi connectivity index (χ0v) is 27.1. The van der Waals surface area contributed by atoms with E-state index in [4.69, 9.17) is 0 Å². The smallest absolute Gasteiger partial charge is 0.0540 e. The highest BCUT2D eigenvalue weighted by Crippen LogP contribution is 2.48. The van der Waals surface area contributed by atoms with Gasteiger partial charge in [0.2, 0.25) is 0 Å². The molecule has 0 bridgehead atoms. The SMILES string of the molecule is c1ccc(-c2ccc(N(c3ccccc3-c3cccc4ccccc34)c3ccccc3-c3cccc4c3sc3ccccc34)cc2)cc1. The molecule has 0 aliphatic heterocycles. The molecule has 1 nitrogen and oxygen atoms in total. The Morgan fingerprint density at radius 1 is 0.333 bits per heavy atom. The van der Waals surface area contributed by atoms with Crippen LogP contribution in [0.2, 0.25) is 0 Å². The lowest BCUT2D eigenvalue weighted by molar-refractivity contribution is 1.29. The number of benzene rings is 8. The molecular formula is C46H31NS. The van der Waals surface area contributed by atoms with Crippen molar-refractivity contribution in [2.75, 3.05) is 4.90 Å². The van der Waals surface area contributed by atoms with Gasteiger partial charge < -0.3 is 4.90 Å². The van der Waals surface area contributed by atoms with Gasteiger partial charge in [-0.3, -0.25) is 0 Å². The monoisotopic (exact) mass is 629 g/mol. The van der Waals surface area contributed by atoms with Gasteiger partial charge in [0.15, 0.2) is 0 Å². The van der Waals surface area contributed by atoms with E-state index in [9.17, 15) is 0 Å². The third-order valence-corrected chi connectivity index (χ3v) is 10.5. The van der Waals surface area contributed by atoms with Crippen molar-refractivity contribution < 1.29 is 0 Å². The Morgan fingerprint density at radius 2 is 0.854 bits per heavy atom. The molecule has 0 N–H and O–H groups in total. The highest BCUT2D eigenvalue weighted by atomic mass is 32.1. The molecule has 8 aromatic carbocycles. The van der Waals surface area contributed by atoms with E-state index < -0.39 is 0 Å². The summed E-state index contributed by atoms with van der Waals surface area (Å²) in [4.78, 5) is 2.45. The molecule has 2 heteroatoms. The molecule has 0 aliphatic carbocycles. The standard InChI is InChI=1S/C46H31NS/c1-2-14-32(15-3-1)33-28-30-35(31-29-33)47(43-25-9-6-19-38(43)37-22-12-17-34-16-4-5-18-36(34)37)44-26-10-7-20-39(44)41-23-13-24-42-40-21-8-11-27-45(40)48-46(41)42/h1-31H. The Hall–Kier alpha value is -5.96. The van der Waals surface area contributed by atoms with Gasteiger partial charge in [-0.2, -0.15) is 0 Å². The Labute approximate surface area is 284 Å². The maximum atomic E-state index is 2.45. The number of hydrogen-bond donors (Lipinski definition) is 0. The Kier molecular flexibility index (Phi) is 7.07. The van der Waals surface area contributed by atoms with Crippen molar-refractivity contribution in [2.45, 2.75) is 0 Å². The maximum Gasteiger partial charge on any atom is 0.0540 e. The minimum absolute atomic E-state index is 1.11. The first kappa shape index (κ1) is 28.3. The summed E-state index contributed by atoms with van der Waals surface area (Å²) in [5.74, 6) is 0. The van der Waals surface area contributed by atoms with Crippen LogP contribution in [0.5, 0.6) is 0 Å². The van der Waals surface area contributed by atoms with Gasteiger partial charge in [-0.05, 0) is 57.8 Å². The van der Waals surface area contributed by atoms with Gasteiger partial charge in [0.25, 0.3) is 0 Å². The number of anilines is 3. The normalized spacial score (nSPS) is 11.3. The van der Waals surface area contributed by atoms with Crippen molar-refractivity contribution in [2.24, 2.45) is 0 Å². The summed E-state index contributed by atoms with van der Waals surface area (Å²) >= 11 is 1.88. The molecule has 226 valence electrons. The lowest BCUT2D eigenvalue weighted by Crippen LogP contribution is -2.12. The Bertz CT molecular complexity index is 2560. The van der Waals surface area contributed by atoms with E-state index in [1.807, 2.05) is 11.3 Å². The largest absolute Gasteiger partial charge is 0.309 e. The van der Waals surface area contributed by atoms with Crippen LogP contribution in [0, 0.1) is 0 Å². The highest BCUT2D eigenvalue weighted by Gasteiger charge is 2.22. The van der Waals surface area contributed by atoms with Crippen molar-refractivity contribution in [1.29, 1.82) is 0 Å². The summed E-state index contributed by atoms with van der Waals surface area (Å²) < 4.78 is 2.62. The molecule has 0 fully saturated rings. The van der Waals surface area contributed by atoms with Crippen molar-refractivity contribution in [1.82, 2.24) is 0 Å². The van der Waals surface area contributed by atoms with Gasteiger partial charge in [0.1, 0.15) is 0 Å². The van der Waals surface area contributed by atoms with E-state index in [1.165, 1.54) is 64.3 Å². The van der Waals surface area contributed by atoms with E-state index in [0.29, 0.717) is 0 Å². The van der Waals surface area contributed by atoms with Crippen molar-refractivity contribution in [3.8, 4) is 33.4 Å². The van der Waals surface area contributed by atoms with E-state index >= 15 is 0 Å². The van der Waals surface area contributed by atoms with Crippen LogP contribution >= 0.6 is 11.3 Å². The number of rotatable bonds is 6. The molecule has 0 aliphatic rings. The van der Waals surface area contributed by atoms with Crippen LogP contribution in [-0.4, -0.2) is 0 Å². The molecule has 0 atom stereocenters. The second-order valence-electron chi connectivity index (χ2n) is 12.1. The van der Waals surface area contributed by atoms with Crippen molar-refractivity contribution in [3.05, 3.63) is 188 Å². The third-order valence-electron chi connectivity index (χ3n) is 9.30. The number of para-hydroxylation sites is 2. The second-order valence-corrected chi connectivity index (χ2v) is 13.1. The summed E-state index contributed by atoms with van der Waals surface area (Å²) in [5.41, 5.74) is 10.7. The van der Waals surface area contributed by atoms with Crippen LogP contribution in [0.4, 0.5) is 17.1 Å². The van der Waals surface area contributed by atoms with Gasteiger partial charge in [-0.1, -0.05) is 158 Å². The number of thiophene rings is 1. The zero-order chi connectivity index (χ0) is 31.9. The molecule has 0 saturated carbocycles.